The summed E-state index contributed by atoms with van der Waals surface area (Å²) < 4.78 is 11.3. The number of hydrogen-bond acceptors (Lipinski definition) is 4. The number of para-hydroxylation sites is 1. The molecule has 4 heteroatoms. The zero-order valence-corrected chi connectivity index (χ0v) is 19.5. The smallest absolute Gasteiger partial charge is 0.337 e. The van der Waals surface area contributed by atoms with Crippen LogP contribution < -0.4 is 10.1 Å². The number of ether oxygens (including phenoxy) is 2. The van der Waals surface area contributed by atoms with Crippen LogP contribution in [0, 0.1) is 0 Å². The number of carbonyl (C=O) groups is 1. The van der Waals surface area contributed by atoms with Gasteiger partial charge in [-0.05, 0) is 53.4 Å². The van der Waals surface area contributed by atoms with Crippen LogP contribution in [-0.4, -0.2) is 25.7 Å². The van der Waals surface area contributed by atoms with Gasteiger partial charge in [0.1, 0.15) is 11.9 Å². The van der Waals surface area contributed by atoms with Crippen LogP contribution in [0.4, 0.5) is 0 Å². The zero-order chi connectivity index (χ0) is 23.5. The lowest BCUT2D eigenvalue weighted by molar-refractivity contribution is 0.0600. The first-order chi connectivity index (χ1) is 16.6. The summed E-state index contributed by atoms with van der Waals surface area (Å²) in [6, 6.07) is 31.1. The summed E-state index contributed by atoms with van der Waals surface area (Å²) in [5.74, 6) is 0.741. The molecule has 0 unspecified atom stereocenters. The summed E-state index contributed by atoms with van der Waals surface area (Å²) in [6.07, 6.45) is 0.843. The van der Waals surface area contributed by atoms with Crippen molar-refractivity contribution >= 4 is 16.7 Å². The monoisotopic (exact) mass is 451 g/mol. The maximum Gasteiger partial charge on any atom is 0.337 e. The Labute approximate surface area is 200 Å². The molecule has 172 valence electrons. The SMILES string of the molecule is COC(=O)c1cccc([C@@H]2C[C@H](CN[C@H](C)c3cccc4ccccc34)Oc3ccccc32)c1. The summed E-state index contributed by atoms with van der Waals surface area (Å²) in [4.78, 5) is 12.1. The molecule has 0 saturated heterocycles. The van der Waals surface area contributed by atoms with Crippen molar-refractivity contribution in [3.05, 3.63) is 113 Å². The molecule has 4 nitrogen and oxygen atoms in total. The highest BCUT2D eigenvalue weighted by Crippen LogP contribution is 2.40. The van der Waals surface area contributed by atoms with Gasteiger partial charge >= 0.3 is 5.97 Å². The first-order valence-corrected chi connectivity index (χ1v) is 11.8. The van der Waals surface area contributed by atoms with E-state index in [0.717, 1.165) is 29.8 Å². The lowest BCUT2D eigenvalue weighted by atomic mass is 9.83. The Morgan fingerprint density at radius 3 is 2.65 bits per heavy atom. The molecule has 0 saturated carbocycles. The molecular weight excluding hydrogens is 422 g/mol. The van der Waals surface area contributed by atoms with E-state index in [1.165, 1.54) is 23.4 Å². The van der Waals surface area contributed by atoms with Crippen molar-refractivity contribution < 1.29 is 14.3 Å². The fraction of sp³-hybridized carbons (Fsp3) is 0.233. The number of esters is 1. The van der Waals surface area contributed by atoms with E-state index in [0.29, 0.717) is 5.56 Å². The second kappa shape index (κ2) is 9.70. The molecule has 3 atom stereocenters. The summed E-state index contributed by atoms with van der Waals surface area (Å²) in [5, 5.41) is 6.23. The third kappa shape index (κ3) is 4.42. The average molecular weight is 452 g/mol. The van der Waals surface area contributed by atoms with Crippen molar-refractivity contribution in [3.63, 3.8) is 0 Å². The highest BCUT2D eigenvalue weighted by atomic mass is 16.5. The van der Waals surface area contributed by atoms with Crippen molar-refractivity contribution in [2.75, 3.05) is 13.7 Å². The van der Waals surface area contributed by atoms with Gasteiger partial charge in [-0.1, -0.05) is 72.8 Å². The first-order valence-electron chi connectivity index (χ1n) is 11.8. The van der Waals surface area contributed by atoms with E-state index in [2.05, 4.69) is 66.8 Å². The molecule has 4 aromatic carbocycles. The fourth-order valence-corrected chi connectivity index (χ4v) is 4.98. The van der Waals surface area contributed by atoms with E-state index in [-0.39, 0.29) is 24.0 Å². The van der Waals surface area contributed by atoms with Gasteiger partial charge in [-0.2, -0.15) is 0 Å². The van der Waals surface area contributed by atoms with E-state index in [4.69, 9.17) is 9.47 Å². The van der Waals surface area contributed by atoms with E-state index >= 15 is 0 Å². The minimum Gasteiger partial charge on any atom is -0.489 e. The lowest BCUT2D eigenvalue weighted by Crippen LogP contribution is -2.37. The minimum absolute atomic E-state index is 0.0131. The van der Waals surface area contributed by atoms with Gasteiger partial charge in [-0.3, -0.25) is 0 Å². The van der Waals surface area contributed by atoms with Crippen molar-refractivity contribution in [2.24, 2.45) is 0 Å². The predicted octanol–water partition coefficient (Wildman–Crippen LogP) is 6.26. The molecule has 5 rings (SSSR count). The number of methoxy groups -OCH3 is 1. The van der Waals surface area contributed by atoms with E-state index in [1.54, 1.807) is 6.07 Å². The number of fused-ring (bicyclic) bond motifs is 2. The third-order valence-electron chi connectivity index (χ3n) is 6.74. The average Bonchev–Trinajstić information content (AvgIpc) is 2.90. The molecule has 1 heterocycles. The van der Waals surface area contributed by atoms with E-state index in [9.17, 15) is 4.79 Å². The molecule has 0 amide bonds. The molecule has 4 aromatic rings. The number of nitrogens with one attached hydrogen (secondary N) is 1. The molecular formula is C30H29NO3. The first kappa shape index (κ1) is 22.2. The summed E-state index contributed by atoms with van der Waals surface area (Å²) >= 11 is 0. The zero-order valence-electron chi connectivity index (χ0n) is 19.5. The summed E-state index contributed by atoms with van der Waals surface area (Å²) in [5.41, 5.74) is 4.12. The van der Waals surface area contributed by atoms with Gasteiger partial charge in [0.25, 0.3) is 0 Å². The summed E-state index contributed by atoms with van der Waals surface area (Å²) in [7, 11) is 1.41. The van der Waals surface area contributed by atoms with Crippen LogP contribution in [0.5, 0.6) is 5.75 Å². The Morgan fingerprint density at radius 1 is 1.00 bits per heavy atom. The molecule has 0 bridgehead atoms. The molecule has 1 aliphatic heterocycles. The highest BCUT2D eigenvalue weighted by molar-refractivity contribution is 5.89. The molecule has 0 radical (unpaired) electrons. The topological polar surface area (TPSA) is 47.6 Å². The van der Waals surface area contributed by atoms with Crippen molar-refractivity contribution in [2.45, 2.75) is 31.4 Å². The van der Waals surface area contributed by atoms with Gasteiger partial charge in [0.05, 0.1) is 12.7 Å². The molecule has 1 aliphatic rings. The maximum atomic E-state index is 12.1. The van der Waals surface area contributed by atoms with Crippen LogP contribution in [0.1, 0.15) is 52.4 Å². The van der Waals surface area contributed by atoms with Crippen molar-refractivity contribution in [1.82, 2.24) is 5.32 Å². The van der Waals surface area contributed by atoms with E-state index < -0.39 is 0 Å². The van der Waals surface area contributed by atoms with E-state index in [1.807, 2.05) is 30.3 Å². The van der Waals surface area contributed by atoms with Crippen LogP contribution >= 0.6 is 0 Å². The van der Waals surface area contributed by atoms with Crippen LogP contribution in [0.25, 0.3) is 10.8 Å². The maximum absolute atomic E-state index is 12.1. The molecule has 1 N–H and O–H groups in total. The molecule has 0 aromatic heterocycles. The van der Waals surface area contributed by atoms with Gasteiger partial charge in [0.2, 0.25) is 0 Å². The van der Waals surface area contributed by atoms with Gasteiger partial charge in [0.15, 0.2) is 0 Å². The van der Waals surface area contributed by atoms with Crippen molar-refractivity contribution in [3.8, 4) is 5.75 Å². The van der Waals surface area contributed by atoms with Crippen LogP contribution in [0.2, 0.25) is 0 Å². The summed E-state index contributed by atoms with van der Waals surface area (Å²) in [6.45, 7) is 2.93. The molecule has 0 spiro atoms. The molecule has 0 fully saturated rings. The molecule has 34 heavy (non-hydrogen) atoms. The Hall–Kier alpha value is -3.63. The molecule has 0 aliphatic carbocycles. The fourth-order valence-electron chi connectivity index (χ4n) is 4.98. The standard InChI is InChI=1S/C30H29NO3/c1-20(25-15-8-10-21-9-3-4-13-26(21)25)31-19-24-18-28(27-14-5-6-16-29(27)34-24)22-11-7-12-23(17-22)30(32)33-2/h3-17,20,24,28,31H,18-19H2,1-2H3/t20-,24-,28+/m1/s1. The lowest BCUT2D eigenvalue weighted by Gasteiger charge is -2.33. The minimum atomic E-state index is -0.315. The Kier molecular flexibility index (Phi) is 6.33. The number of hydrogen-bond donors (Lipinski definition) is 1. The quantitative estimate of drug-likeness (QED) is 0.352. The van der Waals surface area contributed by atoms with Gasteiger partial charge < -0.3 is 14.8 Å². The van der Waals surface area contributed by atoms with Gasteiger partial charge in [-0.15, -0.1) is 0 Å². The van der Waals surface area contributed by atoms with Crippen molar-refractivity contribution in [1.29, 1.82) is 0 Å². The van der Waals surface area contributed by atoms with Gasteiger partial charge in [0, 0.05) is 24.1 Å². The second-order valence-electron chi connectivity index (χ2n) is 8.88. The van der Waals surface area contributed by atoms with Gasteiger partial charge in [-0.25, -0.2) is 4.79 Å². The van der Waals surface area contributed by atoms with Crippen LogP contribution in [-0.2, 0) is 4.74 Å². The second-order valence-corrected chi connectivity index (χ2v) is 8.88. The Bertz CT molecular complexity index is 1310. The normalized spacial score (nSPS) is 18.1. The Morgan fingerprint density at radius 2 is 1.76 bits per heavy atom. The van der Waals surface area contributed by atoms with Crippen LogP contribution in [0.3, 0.4) is 0 Å². The number of rotatable bonds is 6. The third-order valence-corrected chi connectivity index (χ3v) is 6.74. The Balaban J connectivity index is 1.37. The van der Waals surface area contributed by atoms with Crippen LogP contribution in [0.15, 0.2) is 91.0 Å². The highest BCUT2D eigenvalue weighted by Gasteiger charge is 2.30. The number of benzene rings is 4. The predicted molar refractivity (Wildman–Crippen MR) is 135 cm³/mol. The number of carbonyl (C=O) groups excluding carboxylic acids is 1. The largest absolute Gasteiger partial charge is 0.489 e.